The van der Waals surface area contributed by atoms with Crippen LogP contribution in [-0.4, -0.2) is 25.6 Å². The number of rotatable bonds is 5. The number of hydrogen-bond donors (Lipinski definition) is 1. The van der Waals surface area contributed by atoms with Gasteiger partial charge in [-0.2, -0.15) is 0 Å². The van der Waals surface area contributed by atoms with Crippen LogP contribution in [0.2, 0.25) is 5.02 Å². The van der Waals surface area contributed by atoms with Gasteiger partial charge in [-0.05, 0) is 50.6 Å². The number of benzene rings is 1. The quantitative estimate of drug-likeness (QED) is 0.817. The Bertz CT molecular complexity index is 870. The first-order valence-corrected chi connectivity index (χ1v) is 9.17. The maximum atomic E-state index is 12.9. The summed E-state index contributed by atoms with van der Waals surface area (Å²) < 4.78 is 32.2. The Morgan fingerprint density at radius 3 is 2.38 bits per heavy atom. The fourth-order valence-corrected chi connectivity index (χ4v) is 4.26. The highest BCUT2D eigenvalue weighted by Gasteiger charge is 2.28. The van der Waals surface area contributed by atoms with Gasteiger partial charge in [-0.1, -0.05) is 11.6 Å². The van der Waals surface area contributed by atoms with Gasteiger partial charge in [-0.3, -0.25) is 4.79 Å². The summed E-state index contributed by atoms with van der Waals surface area (Å²) in [5, 5.41) is 0.440. The van der Waals surface area contributed by atoms with Crippen LogP contribution >= 0.6 is 11.6 Å². The molecule has 0 atom stereocenters. The molecule has 2 aromatic rings. The van der Waals surface area contributed by atoms with Crippen molar-refractivity contribution in [3.8, 4) is 0 Å². The first-order valence-electron chi connectivity index (χ1n) is 7.31. The fraction of sp³-hybridized carbons (Fsp3) is 0.312. The molecular formula is C16H19ClN2O4S. The van der Waals surface area contributed by atoms with Gasteiger partial charge in [-0.25, -0.2) is 8.42 Å². The lowest BCUT2D eigenvalue weighted by Gasteiger charge is -2.09. The van der Waals surface area contributed by atoms with Crippen LogP contribution in [0.1, 0.15) is 18.2 Å². The first-order chi connectivity index (χ1) is 11.2. The highest BCUT2D eigenvalue weighted by molar-refractivity contribution is 7.91. The van der Waals surface area contributed by atoms with Gasteiger partial charge in [0.25, 0.3) is 0 Å². The second-order valence-electron chi connectivity index (χ2n) is 5.27. The predicted octanol–water partition coefficient (Wildman–Crippen LogP) is 2.74. The molecule has 1 aromatic carbocycles. The van der Waals surface area contributed by atoms with E-state index in [1.807, 2.05) is 0 Å². The van der Waals surface area contributed by atoms with Crippen LogP contribution in [0.15, 0.2) is 34.1 Å². The number of sulfone groups is 1. The van der Waals surface area contributed by atoms with Crippen LogP contribution in [0.25, 0.3) is 0 Å². The molecule has 130 valence electrons. The Kier molecular flexibility index (Phi) is 5.25. The minimum Gasteiger partial charge on any atom is -0.465 e. The number of aromatic nitrogens is 1. The highest BCUT2D eigenvalue weighted by atomic mass is 35.5. The number of nitrogens with two attached hydrogens (primary N) is 1. The molecule has 2 N–H and O–H groups in total. The van der Waals surface area contributed by atoms with E-state index in [0.29, 0.717) is 16.3 Å². The fourth-order valence-electron chi connectivity index (χ4n) is 2.47. The summed E-state index contributed by atoms with van der Waals surface area (Å²) in [7, 11) is -3.82. The maximum absolute atomic E-state index is 12.9. The molecule has 0 unspecified atom stereocenters. The van der Waals surface area contributed by atoms with Crippen molar-refractivity contribution in [3.05, 3.63) is 40.5 Å². The van der Waals surface area contributed by atoms with Gasteiger partial charge in [0, 0.05) is 10.7 Å². The predicted molar refractivity (Wildman–Crippen MR) is 91.9 cm³/mol. The molecule has 6 nitrogen and oxygen atoms in total. The standard InChI is InChI=1S/C16H19ClN2O4S/c1-4-23-14(20)9-19-11(3)10(2)15(16(19)18)24(21,22)13-7-5-12(17)6-8-13/h5-8H,4,9,18H2,1-3H3. The molecule has 24 heavy (non-hydrogen) atoms. The summed E-state index contributed by atoms with van der Waals surface area (Å²) in [6.07, 6.45) is 0. The Morgan fingerprint density at radius 1 is 1.25 bits per heavy atom. The summed E-state index contributed by atoms with van der Waals surface area (Å²) in [6.45, 7) is 5.18. The lowest BCUT2D eigenvalue weighted by molar-refractivity contribution is -0.143. The average molecular weight is 371 g/mol. The molecular weight excluding hydrogens is 352 g/mol. The Labute approximate surface area is 146 Å². The zero-order chi connectivity index (χ0) is 18.1. The molecule has 0 spiro atoms. The molecule has 8 heteroatoms. The number of halogens is 1. The van der Waals surface area contributed by atoms with E-state index < -0.39 is 15.8 Å². The van der Waals surface area contributed by atoms with Crippen LogP contribution in [0.3, 0.4) is 0 Å². The molecule has 0 fully saturated rings. The summed E-state index contributed by atoms with van der Waals surface area (Å²) >= 11 is 5.81. The Morgan fingerprint density at radius 2 is 1.83 bits per heavy atom. The molecule has 0 radical (unpaired) electrons. The number of esters is 1. The number of hydrogen-bond acceptors (Lipinski definition) is 5. The zero-order valence-corrected chi connectivity index (χ0v) is 15.2. The van der Waals surface area contributed by atoms with Gasteiger partial charge in [0.15, 0.2) is 0 Å². The van der Waals surface area contributed by atoms with Gasteiger partial charge in [0.05, 0.1) is 11.5 Å². The monoisotopic (exact) mass is 370 g/mol. The second-order valence-corrected chi connectivity index (χ2v) is 7.60. The molecule has 1 heterocycles. The third-order valence-corrected chi connectivity index (χ3v) is 5.99. The van der Waals surface area contributed by atoms with E-state index in [4.69, 9.17) is 22.1 Å². The molecule has 0 amide bonds. The summed E-state index contributed by atoms with van der Waals surface area (Å²) in [5.74, 6) is -0.453. The number of carbonyl (C=O) groups excluding carboxylic acids is 1. The third kappa shape index (κ3) is 3.27. The Balaban J connectivity index is 2.55. The molecule has 0 saturated carbocycles. The molecule has 2 rings (SSSR count). The van der Waals surface area contributed by atoms with Crippen molar-refractivity contribution < 1.29 is 17.9 Å². The van der Waals surface area contributed by atoms with Crippen LogP contribution in [0.4, 0.5) is 5.82 Å². The van der Waals surface area contributed by atoms with Crippen molar-refractivity contribution in [1.82, 2.24) is 4.57 Å². The highest BCUT2D eigenvalue weighted by Crippen LogP contribution is 2.33. The molecule has 0 bridgehead atoms. The van der Waals surface area contributed by atoms with E-state index in [1.165, 1.54) is 28.8 Å². The van der Waals surface area contributed by atoms with Crippen LogP contribution in [-0.2, 0) is 25.9 Å². The van der Waals surface area contributed by atoms with Crippen LogP contribution in [0, 0.1) is 13.8 Å². The smallest absolute Gasteiger partial charge is 0.326 e. The molecule has 0 saturated heterocycles. The average Bonchev–Trinajstić information content (AvgIpc) is 2.72. The van der Waals surface area contributed by atoms with E-state index in [2.05, 4.69) is 0 Å². The topological polar surface area (TPSA) is 91.4 Å². The maximum Gasteiger partial charge on any atom is 0.326 e. The van der Waals surface area contributed by atoms with Crippen molar-refractivity contribution in [2.24, 2.45) is 0 Å². The summed E-state index contributed by atoms with van der Waals surface area (Å²) in [6, 6.07) is 5.86. The van der Waals surface area contributed by atoms with Gasteiger partial charge in [0.1, 0.15) is 17.3 Å². The number of ether oxygens (including phenoxy) is 1. The minimum atomic E-state index is -3.82. The van der Waals surface area contributed by atoms with Crippen LogP contribution < -0.4 is 5.73 Å². The first kappa shape index (κ1) is 18.4. The number of anilines is 1. The van der Waals surface area contributed by atoms with E-state index in [0.717, 1.165) is 0 Å². The van der Waals surface area contributed by atoms with Crippen molar-refractivity contribution in [1.29, 1.82) is 0 Å². The van der Waals surface area contributed by atoms with Crippen molar-refractivity contribution in [2.45, 2.75) is 37.1 Å². The van der Waals surface area contributed by atoms with Crippen molar-refractivity contribution >= 4 is 33.2 Å². The van der Waals surface area contributed by atoms with Gasteiger partial charge < -0.3 is 15.0 Å². The molecule has 1 aromatic heterocycles. The number of nitrogen functional groups attached to an aromatic ring is 1. The van der Waals surface area contributed by atoms with Gasteiger partial charge in [0.2, 0.25) is 9.84 Å². The van der Waals surface area contributed by atoms with E-state index >= 15 is 0 Å². The lowest BCUT2D eigenvalue weighted by Crippen LogP contribution is -2.16. The van der Waals surface area contributed by atoms with E-state index in [1.54, 1.807) is 20.8 Å². The molecule has 0 aliphatic rings. The number of nitrogens with zero attached hydrogens (tertiary/aromatic N) is 1. The van der Waals surface area contributed by atoms with Gasteiger partial charge in [-0.15, -0.1) is 0 Å². The van der Waals surface area contributed by atoms with Crippen molar-refractivity contribution in [3.63, 3.8) is 0 Å². The summed E-state index contributed by atoms with van der Waals surface area (Å²) in [5.41, 5.74) is 7.16. The summed E-state index contributed by atoms with van der Waals surface area (Å²) in [4.78, 5) is 11.8. The zero-order valence-electron chi connectivity index (χ0n) is 13.7. The van der Waals surface area contributed by atoms with E-state index in [-0.39, 0.29) is 28.8 Å². The minimum absolute atomic E-state index is 0.00613. The number of carbonyl (C=O) groups is 1. The largest absolute Gasteiger partial charge is 0.465 e. The van der Waals surface area contributed by atoms with Crippen LogP contribution in [0.5, 0.6) is 0 Å². The third-order valence-electron chi connectivity index (χ3n) is 3.80. The Hall–Kier alpha value is -1.99. The molecule has 0 aliphatic heterocycles. The molecule has 0 aliphatic carbocycles. The normalized spacial score (nSPS) is 11.5. The van der Waals surface area contributed by atoms with Gasteiger partial charge >= 0.3 is 5.97 Å². The van der Waals surface area contributed by atoms with Crippen molar-refractivity contribution in [2.75, 3.05) is 12.3 Å². The second kappa shape index (κ2) is 6.86. The SMILES string of the molecule is CCOC(=O)Cn1c(C)c(C)c(S(=O)(=O)c2ccc(Cl)cc2)c1N. The lowest BCUT2D eigenvalue weighted by atomic mass is 10.3. The van der Waals surface area contributed by atoms with E-state index in [9.17, 15) is 13.2 Å².